The zero-order valence-electron chi connectivity index (χ0n) is 12.2. The van der Waals surface area contributed by atoms with Gasteiger partial charge in [-0.2, -0.15) is 0 Å². The van der Waals surface area contributed by atoms with Crippen molar-refractivity contribution in [2.45, 2.75) is 64.7 Å². The lowest BCUT2D eigenvalue weighted by Gasteiger charge is -1.97. The molecule has 0 atom stereocenters. The van der Waals surface area contributed by atoms with E-state index in [0.29, 0.717) is 6.42 Å². The van der Waals surface area contributed by atoms with Gasteiger partial charge in [-0.3, -0.25) is 4.79 Å². The van der Waals surface area contributed by atoms with E-state index in [9.17, 15) is 4.79 Å². The Kier molecular flexibility index (Phi) is 13.7. The van der Waals surface area contributed by atoms with Crippen LogP contribution >= 0.6 is 0 Å². The third kappa shape index (κ3) is 16.7. The van der Waals surface area contributed by atoms with E-state index in [1.54, 1.807) is 0 Å². The third-order valence-electron chi connectivity index (χ3n) is 2.82. The molecule has 0 aliphatic carbocycles. The van der Waals surface area contributed by atoms with Crippen LogP contribution in [0.3, 0.4) is 0 Å². The van der Waals surface area contributed by atoms with Gasteiger partial charge in [0.2, 0.25) is 0 Å². The van der Waals surface area contributed by atoms with Crippen molar-refractivity contribution in [3.05, 3.63) is 36.5 Å². The van der Waals surface area contributed by atoms with Crippen molar-refractivity contribution in [3.63, 3.8) is 0 Å². The van der Waals surface area contributed by atoms with Gasteiger partial charge in [-0.15, -0.1) is 0 Å². The summed E-state index contributed by atoms with van der Waals surface area (Å²) in [7, 11) is 0. The Morgan fingerprint density at radius 3 is 2.05 bits per heavy atom. The topological polar surface area (TPSA) is 37.3 Å². The molecule has 0 aliphatic rings. The summed E-state index contributed by atoms with van der Waals surface area (Å²) in [5, 5.41) is 8.48. The van der Waals surface area contributed by atoms with Crippen LogP contribution in [0, 0.1) is 0 Å². The minimum Gasteiger partial charge on any atom is -0.481 e. The monoisotopic (exact) mass is 264 g/mol. The van der Waals surface area contributed by atoms with Crippen molar-refractivity contribution in [3.8, 4) is 0 Å². The fourth-order valence-corrected chi connectivity index (χ4v) is 1.71. The quantitative estimate of drug-likeness (QED) is 0.385. The zero-order chi connectivity index (χ0) is 14.2. The number of aliphatic carboxylic acids is 1. The minimum atomic E-state index is -0.678. The summed E-state index contributed by atoms with van der Waals surface area (Å²) >= 11 is 0. The molecule has 0 fully saturated rings. The van der Waals surface area contributed by atoms with Crippen LogP contribution < -0.4 is 0 Å². The smallest absolute Gasteiger partial charge is 0.303 e. The molecule has 1 N–H and O–H groups in total. The molecule has 0 spiro atoms. The number of carboxylic acids is 1. The second-order valence-electron chi connectivity index (χ2n) is 4.73. The summed E-state index contributed by atoms with van der Waals surface area (Å²) in [6, 6.07) is 0. The van der Waals surface area contributed by atoms with Gasteiger partial charge in [0, 0.05) is 6.42 Å². The fraction of sp³-hybridized carbons (Fsp3) is 0.588. The first kappa shape index (κ1) is 17.7. The molecule has 0 aromatic heterocycles. The average Bonchev–Trinajstić information content (AvgIpc) is 2.39. The zero-order valence-corrected chi connectivity index (χ0v) is 12.2. The highest BCUT2D eigenvalue weighted by molar-refractivity contribution is 5.66. The van der Waals surface area contributed by atoms with Gasteiger partial charge in [0.1, 0.15) is 0 Å². The van der Waals surface area contributed by atoms with Crippen molar-refractivity contribution in [1.29, 1.82) is 0 Å². The number of rotatable bonds is 12. The maximum Gasteiger partial charge on any atom is 0.303 e. The van der Waals surface area contributed by atoms with Crippen molar-refractivity contribution in [2.75, 3.05) is 0 Å². The molecule has 0 aromatic carbocycles. The van der Waals surface area contributed by atoms with Crippen molar-refractivity contribution in [2.24, 2.45) is 0 Å². The number of allylic oxidation sites excluding steroid dienone is 6. The number of hydrogen-bond donors (Lipinski definition) is 1. The van der Waals surface area contributed by atoms with E-state index in [1.807, 2.05) is 0 Å². The molecular formula is C17H28O2. The predicted octanol–water partition coefficient (Wildman–Crippen LogP) is 5.27. The van der Waals surface area contributed by atoms with E-state index < -0.39 is 5.97 Å². The van der Waals surface area contributed by atoms with Gasteiger partial charge in [-0.25, -0.2) is 0 Å². The summed E-state index contributed by atoms with van der Waals surface area (Å²) in [5.41, 5.74) is 0. The van der Waals surface area contributed by atoms with Gasteiger partial charge in [-0.05, 0) is 25.7 Å². The van der Waals surface area contributed by atoms with Crippen molar-refractivity contribution < 1.29 is 9.90 Å². The van der Waals surface area contributed by atoms with E-state index in [1.165, 1.54) is 19.3 Å². The summed E-state index contributed by atoms with van der Waals surface area (Å²) in [6.45, 7) is 2.18. The molecule has 0 unspecified atom stereocenters. The Morgan fingerprint density at radius 1 is 0.842 bits per heavy atom. The Bertz CT molecular complexity index is 288. The lowest BCUT2D eigenvalue weighted by Crippen LogP contribution is -1.93. The highest BCUT2D eigenvalue weighted by Crippen LogP contribution is 2.07. The van der Waals surface area contributed by atoms with E-state index in [4.69, 9.17) is 5.11 Å². The van der Waals surface area contributed by atoms with Crippen LogP contribution in [0.4, 0.5) is 0 Å². The molecule has 0 radical (unpaired) electrons. The molecule has 0 amide bonds. The van der Waals surface area contributed by atoms with Gasteiger partial charge >= 0.3 is 5.97 Å². The molecule has 19 heavy (non-hydrogen) atoms. The van der Waals surface area contributed by atoms with Gasteiger partial charge in [0.05, 0.1) is 0 Å². The van der Waals surface area contributed by atoms with Crippen molar-refractivity contribution >= 4 is 5.97 Å². The van der Waals surface area contributed by atoms with Gasteiger partial charge in [-0.1, -0.05) is 69.1 Å². The van der Waals surface area contributed by atoms with Crippen LogP contribution in [0.25, 0.3) is 0 Å². The number of unbranched alkanes of at least 4 members (excludes halogenated alkanes) is 6. The van der Waals surface area contributed by atoms with E-state index >= 15 is 0 Å². The Hall–Kier alpha value is -1.31. The van der Waals surface area contributed by atoms with Crippen LogP contribution in [-0.4, -0.2) is 11.1 Å². The predicted molar refractivity (Wildman–Crippen MR) is 82.3 cm³/mol. The molecule has 0 rings (SSSR count). The first-order valence-electron chi connectivity index (χ1n) is 7.47. The Morgan fingerprint density at radius 2 is 1.42 bits per heavy atom. The lowest BCUT2D eigenvalue weighted by atomic mass is 10.1. The summed E-state index contributed by atoms with van der Waals surface area (Å²) < 4.78 is 0. The SMILES string of the molecule is CCCC=CC=CC=CCCCCCCCC(=O)O. The second-order valence-corrected chi connectivity index (χ2v) is 4.73. The summed E-state index contributed by atoms with van der Waals surface area (Å²) in [6.07, 6.45) is 21.9. The molecule has 2 nitrogen and oxygen atoms in total. The summed E-state index contributed by atoms with van der Waals surface area (Å²) in [4.78, 5) is 10.3. The van der Waals surface area contributed by atoms with Gasteiger partial charge in [0.25, 0.3) is 0 Å². The van der Waals surface area contributed by atoms with Crippen LogP contribution in [0.5, 0.6) is 0 Å². The largest absolute Gasteiger partial charge is 0.481 e. The molecular weight excluding hydrogens is 236 g/mol. The molecule has 0 heterocycles. The molecule has 0 aromatic rings. The van der Waals surface area contributed by atoms with E-state index in [0.717, 1.165) is 32.1 Å². The molecule has 0 bridgehead atoms. The normalized spacial score (nSPS) is 12.1. The molecule has 0 saturated heterocycles. The first-order chi connectivity index (χ1) is 9.27. The van der Waals surface area contributed by atoms with Crippen LogP contribution in [-0.2, 0) is 4.79 Å². The molecule has 0 aliphatic heterocycles. The third-order valence-corrected chi connectivity index (χ3v) is 2.82. The maximum atomic E-state index is 10.3. The number of carboxylic acid groups (broad SMARTS) is 1. The number of hydrogen-bond acceptors (Lipinski definition) is 1. The highest BCUT2D eigenvalue weighted by Gasteiger charge is 1.95. The number of carbonyl (C=O) groups is 1. The average molecular weight is 264 g/mol. The standard InChI is InChI=1S/C17H28O2/c1-2-3-4-5-6-7-8-9-10-11-12-13-14-15-16-17(18)19/h4-9H,2-3,10-16H2,1H3,(H,18,19). The fourth-order valence-electron chi connectivity index (χ4n) is 1.71. The lowest BCUT2D eigenvalue weighted by molar-refractivity contribution is -0.137. The maximum absolute atomic E-state index is 10.3. The highest BCUT2D eigenvalue weighted by atomic mass is 16.4. The van der Waals surface area contributed by atoms with Gasteiger partial charge in [0.15, 0.2) is 0 Å². The van der Waals surface area contributed by atoms with E-state index in [-0.39, 0.29) is 0 Å². The Balaban J connectivity index is 3.27. The molecule has 0 saturated carbocycles. The molecule has 2 heteroatoms. The first-order valence-corrected chi connectivity index (χ1v) is 7.47. The van der Waals surface area contributed by atoms with E-state index in [2.05, 4.69) is 43.4 Å². The Labute approximate surface area is 117 Å². The van der Waals surface area contributed by atoms with Crippen LogP contribution in [0.2, 0.25) is 0 Å². The minimum absolute atomic E-state index is 0.316. The van der Waals surface area contributed by atoms with Crippen molar-refractivity contribution in [1.82, 2.24) is 0 Å². The van der Waals surface area contributed by atoms with Crippen LogP contribution in [0.1, 0.15) is 64.7 Å². The molecule has 108 valence electrons. The second kappa shape index (κ2) is 14.7. The van der Waals surface area contributed by atoms with Crippen LogP contribution in [0.15, 0.2) is 36.5 Å². The van der Waals surface area contributed by atoms with Gasteiger partial charge < -0.3 is 5.11 Å². The summed E-state index contributed by atoms with van der Waals surface area (Å²) in [5.74, 6) is -0.678.